The molecule has 5 heteroatoms. The van der Waals surface area contributed by atoms with Crippen molar-refractivity contribution in [1.82, 2.24) is 14.4 Å². The second-order valence-corrected chi connectivity index (χ2v) is 7.69. The molecule has 0 spiro atoms. The van der Waals surface area contributed by atoms with Crippen LogP contribution in [0.15, 0.2) is 24.5 Å². The molecular weight excluding hydrogens is 302 g/mol. The molecule has 3 saturated heterocycles. The summed E-state index contributed by atoms with van der Waals surface area (Å²) in [6.07, 6.45) is 9.68. The molecular formula is C19H27N3O2. The first-order valence-electron chi connectivity index (χ1n) is 9.38. The molecule has 0 unspecified atom stereocenters. The summed E-state index contributed by atoms with van der Waals surface area (Å²) in [6.45, 7) is 3.47. The van der Waals surface area contributed by atoms with Gasteiger partial charge in [0.1, 0.15) is 0 Å². The van der Waals surface area contributed by atoms with E-state index in [2.05, 4.69) is 14.4 Å². The smallest absolute Gasteiger partial charge is 0.222 e. The third-order valence-electron chi connectivity index (χ3n) is 6.01. The molecule has 0 aliphatic carbocycles. The third kappa shape index (κ3) is 3.08. The zero-order valence-corrected chi connectivity index (χ0v) is 14.3. The number of hydrogen-bond acceptors (Lipinski definition) is 2. The van der Waals surface area contributed by atoms with Gasteiger partial charge in [0.05, 0.1) is 0 Å². The first-order valence-corrected chi connectivity index (χ1v) is 9.38. The first-order chi connectivity index (χ1) is 11.7. The summed E-state index contributed by atoms with van der Waals surface area (Å²) in [6, 6.07) is 4.42. The van der Waals surface area contributed by atoms with Crippen LogP contribution in [0.2, 0.25) is 0 Å². The number of aryl methyl sites for hydroxylation is 1. The fourth-order valence-electron chi connectivity index (χ4n) is 4.90. The standard InChI is InChI=1S/C19H27N3O2/c23-18(7-4-10-20-8-1-2-9-20)21-12-15-11-16(14-21)17-5-3-6-19(24)22(17)13-15/h1-2,8-9,15-17H,3-7,10-14H2/t15-,16+,17+/m1/s1. The van der Waals surface area contributed by atoms with Crippen LogP contribution >= 0.6 is 0 Å². The highest BCUT2D eigenvalue weighted by Crippen LogP contribution is 2.38. The van der Waals surface area contributed by atoms with Crippen LogP contribution in [0.4, 0.5) is 0 Å². The minimum atomic E-state index is 0.299. The number of carbonyl (C=O) groups excluding carboxylic acids is 2. The molecule has 5 nitrogen and oxygen atoms in total. The predicted octanol–water partition coefficient (Wildman–Crippen LogP) is 2.13. The molecule has 0 radical (unpaired) electrons. The van der Waals surface area contributed by atoms with Crippen LogP contribution < -0.4 is 0 Å². The number of nitrogens with zero attached hydrogens (tertiary/aromatic N) is 3. The van der Waals surface area contributed by atoms with Crippen LogP contribution in [0, 0.1) is 11.8 Å². The highest BCUT2D eigenvalue weighted by atomic mass is 16.2. The largest absolute Gasteiger partial charge is 0.354 e. The van der Waals surface area contributed by atoms with E-state index < -0.39 is 0 Å². The van der Waals surface area contributed by atoms with E-state index in [4.69, 9.17) is 0 Å². The van der Waals surface area contributed by atoms with Crippen molar-refractivity contribution in [1.29, 1.82) is 0 Å². The summed E-state index contributed by atoms with van der Waals surface area (Å²) >= 11 is 0. The Bertz CT molecular complexity index is 598. The average molecular weight is 329 g/mol. The van der Waals surface area contributed by atoms with E-state index >= 15 is 0 Å². The van der Waals surface area contributed by atoms with Gasteiger partial charge in [0, 0.05) is 57.5 Å². The van der Waals surface area contributed by atoms with Crippen LogP contribution in [0.3, 0.4) is 0 Å². The predicted molar refractivity (Wildman–Crippen MR) is 91.2 cm³/mol. The van der Waals surface area contributed by atoms with E-state index in [1.54, 1.807) is 0 Å². The van der Waals surface area contributed by atoms with Crippen molar-refractivity contribution < 1.29 is 9.59 Å². The molecule has 0 saturated carbocycles. The van der Waals surface area contributed by atoms with E-state index in [-0.39, 0.29) is 0 Å². The maximum absolute atomic E-state index is 12.6. The lowest BCUT2D eigenvalue weighted by Crippen LogP contribution is -2.61. The summed E-state index contributed by atoms with van der Waals surface area (Å²) in [5.41, 5.74) is 0. The number of carbonyl (C=O) groups is 2. The molecule has 3 aliphatic heterocycles. The van der Waals surface area contributed by atoms with Gasteiger partial charge in [-0.2, -0.15) is 0 Å². The van der Waals surface area contributed by atoms with E-state index in [1.165, 1.54) is 6.42 Å². The van der Waals surface area contributed by atoms with E-state index in [0.29, 0.717) is 36.1 Å². The number of likely N-dealkylation sites (tertiary alicyclic amines) is 1. The lowest BCUT2D eigenvalue weighted by Gasteiger charge is -2.52. The molecule has 1 aromatic heterocycles. The Balaban J connectivity index is 1.33. The van der Waals surface area contributed by atoms with Crippen molar-refractivity contribution in [2.24, 2.45) is 11.8 Å². The number of piperidine rings is 3. The molecule has 24 heavy (non-hydrogen) atoms. The molecule has 3 aliphatic rings. The fraction of sp³-hybridized carbons (Fsp3) is 0.684. The van der Waals surface area contributed by atoms with Gasteiger partial charge in [-0.05, 0) is 49.7 Å². The molecule has 2 amide bonds. The first kappa shape index (κ1) is 15.7. The van der Waals surface area contributed by atoms with Gasteiger partial charge in [-0.15, -0.1) is 0 Å². The molecule has 0 aromatic carbocycles. The van der Waals surface area contributed by atoms with Gasteiger partial charge in [0.15, 0.2) is 0 Å². The Morgan fingerprint density at radius 2 is 2.00 bits per heavy atom. The van der Waals surface area contributed by atoms with Crippen molar-refractivity contribution in [3.05, 3.63) is 24.5 Å². The number of fused-ring (bicyclic) bond motifs is 4. The van der Waals surface area contributed by atoms with Crippen molar-refractivity contribution in [3.8, 4) is 0 Å². The Morgan fingerprint density at radius 3 is 2.83 bits per heavy atom. The summed E-state index contributed by atoms with van der Waals surface area (Å²) in [5, 5.41) is 0. The second-order valence-electron chi connectivity index (χ2n) is 7.69. The molecule has 3 fully saturated rings. The van der Waals surface area contributed by atoms with Gasteiger partial charge < -0.3 is 14.4 Å². The number of aromatic nitrogens is 1. The van der Waals surface area contributed by atoms with Crippen LogP contribution in [0.25, 0.3) is 0 Å². The minimum absolute atomic E-state index is 0.299. The van der Waals surface area contributed by atoms with E-state index in [9.17, 15) is 9.59 Å². The summed E-state index contributed by atoms with van der Waals surface area (Å²) in [4.78, 5) is 29.0. The van der Waals surface area contributed by atoms with E-state index in [1.807, 2.05) is 24.5 Å². The van der Waals surface area contributed by atoms with Crippen LogP contribution in [0.5, 0.6) is 0 Å². The molecule has 2 bridgehead atoms. The summed E-state index contributed by atoms with van der Waals surface area (Å²) in [5.74, 6) is 1.62. The zero-order chi connectivity index (χ0) is 16.5. The molecule has 0 N–H and O–H groups in total. The fourth-order valence-corrected chi connectivity index (χ4v) is 4.90. The highest BCUT2D eigenvalue weighted by molar-refractivity contribution is 5.78. The lowest BCUT2D eigenvalue weighted by atomic mass is 9.76. The molecule has 4 rings (SSSR count). The van der Waals surface area contributed by atoms with Gasteiger partial charge in [-0.3, -0.25) is 9.59 Å². The highest BCUT2D eigenvalue weighted by Gasteiger charge is 2.44. The van der Waals surface area contributed by atoms with E-state index in [0.717, 1.165) is 51.9 Å². The molecule has 130 valence electrons. The third-order valence-corrected chi connectivity index (χ3v) is 6.01. The lowest BCUT2D eigenvalue weighted by molar-refractivity contribution is -0.148. The van der Waals surface area contributed by atoms with Gasteiger partial charge in [0.2, 0.25) is 11.8 Å². The maximum atomic E-state index is 12.6. The maximum Gasteiger partial charge on any atom is 0.222 e. The molecule has 1 aromatic rings. The zero-order valence-electron chi connectivity index (χ0n) is 14.3. The number of hydrogen-bond donors (Lipinski definition) is 0. The van der Waals surface area contributed by atoms with Crippen molar-refractivity contribution in [2.45, 2.75) is 51.1 Å². The van der Waals surface area contributed by atoms with Crippen molar-refractivity contribution in [2.75, 3.05) is 19.6 Å². The number of rotatable bonds is 4. The summed E-state index contributed by atoms with van der Waals surface area (Å²) < 4.78 is 2.13. The van der Waals surface area contributed by atoms with Crippen LogP contribution in [-0.2, 0) is 16.1 Å². The van der Waals surface area contributed by atoms with Gasteiger partial charge in [-0.25, -0.2) is 0 Å². The van der Waals surface area contributed by atoms with Crippen molar-refractivity contribution >= 4 is 11.8 Å². The minimum Gasteiger partial charge on any atom is -0.354 e. The second kappa shape index (κ2) is 6.61. The molecule has 3 atom stereocenters. The monoisotopic (exact) mass is 329 g/mol. The summed E-state index contributed by atoms with van der Waals surface area (Å²) in [7, 11) is 0. The number of amides is 2. The molecule has 4 heterocycles. The normalized spacial score (nSPS) is 29.5. The Morgan fingerprint density at radius 1 is 1.17 bits per heavy atom. The Kier molecular flexibility index (Phi) is 4.33. The SMILES string of the molecule is O=C(CCCn1cccc1)N1C[C@H]2C[C@@H](C1)[C@@H]1CCCC(=O)N1C2. The van der Waals surface area contributed by atoms with Gasteiger partial charge in [-0.1, -0.05) is 0 Å². The van der Waals surface area contributed by atoms with Crippen LogP contribution in [0.1, 0.15) is 38.5 Å². The van der Waals surface area contributed by atoms with Crippen molar-refractivity contribution in [3.63, 3.8) is 0 Å². The Labute approximate surface area is 143 Å². The quantitative estimate of drug-likeness (QED) is 0.849. The Hall–Kier alpha value is -1.78. The van der Waals surface area contributed by atoms with Gasteiger partial charge in [0.25, 0.3) is 0 Å². The average Bonchev–Trinajstić information content (AvgIpc) is 3.09. The van der Waals surface area contributed by atoms with Gasteiger partial charge >= 0.3 is 0 Å². The van der Waals surface area contributed by atoms with Crippen LogP contribution in [-0.4, -0.2) is 51.9 Å². The topological polar surface area (TPSA) is 45.6 Å².